The fourth-order valence-electron chi connectivity index (χ4n) is 3.17. The van der Waals surface area contributed by atoms with Gasteiger partial charge in [0.25, 0.3) is 5.91 Å². The maximum Gasteiger partial charge on any atom is 0.270 e. The average molecular weight is 356 g/mol. The van der Waals surface area contributed by atoms with E-state index in [0.717, 1.165) is 42.4 Å². The van der Waals surface area contributed by atoms with Crippen molar-refractivity contribution in [1.82, 2.24) is 9.47 Å². The first-order chi connectivity index (χ1) is 9.93. The van der Waals surface area contributed by atoms with Crippen LogP contribution in [0.5, 0.6) is 0 Å². The molecule has 0 aromatic carbocycles. The van der Waals surface area contributed by atoms with Crippen LogP contribution in [-0.4, -0.2) is 34.0 Å². The molecule has 0 saturated heterocycles. The van der Waals surface area contributed by atoms with Crippen LogP contribution in [0.15, 0.2) is 16.7 Å². The van der Waals surface area contributed by atoms with Gasteiger partial charge in [0.1, 0.15) is 5.69 Å². The lowest BCUT2D eigenvalue weighted by molar-refractivity contribution is 0.0628. The first-order valence-electron chi connectivity index (χ1n) is 7.88. The number of aromatic nitrogens is 1. The largest absolute Gasteiger partial charge is 0.340 e. The van der Waals surface area contributed by atoms with E-state index in [-0.39, 0.29) is 11.9 Å². The molecule has 5 heteroatoms. The van der Waals surface area contributed by atoms with Crippen LogP contribution in [0.2, 0.25) is 0 Å². The summed E-state index contributed by atoms with van der Waals surface area (Å²) in [6, 6.07) is 2.84. The van der Waals surface area contributed by atoms with Crippen LogP contribution in [0.1, 0.15) is 63.0 Å². The summed E-state index contributed by atoms with van der Waals surface area (Å²) in [5.74, 6) is 0.136. The van der Waals surface area contributed by atoms with Crippen molar-refractivity contribution in [3.8, 4) is 0 Å². The molecule has 0 unspecified atom stereocenters. The van der Waals surface area contributed by atoms with Crippen LogP contribution in [0.25, 0.3) is 0 Å². The van der Waals surface area contributed by atoms with Crippen molar-refractivity contribution < 1.29 is 4.79 Å². The van der Waals surface area contributed by atoms with Crippen LogP contribution in [0.3, 0.4) is 0 Å². The zero-order valence-corrected chi connectivity index (χ0v) is 14.8. The molecule has 1 aliphatic rings. The van der Waals surface area contributed by atoms with Crippen molar-refractivity contribution in [3.05, 3.63) is 22.4 Å². The molecule has 21 heavy (non-hydrogen) atoms. The quantitative estimate of drug-likeness (QED) is 0.897. The van der Waals surface area contributed by atoms with E-state index in [4.69, 9.17) is 5.73 Å². The second-order valence-corrected chi connectivity index (χ2v) is 7.12. The third kappa shape index (κ3) is 3.69. The summed E-state index contributed by atoms with van der Waals surface area (Å²) in [5, 5.41) is 0. The Labute approximate surface area is 135 Å². The van der Waals surface area contributed by atoms with Crippen molar-refractivity contribution in [1.29, 1.82) is 0 Å². The highest BCUT2D eigenvalue weighted by Crippen LogP contribution is 2.26. The van der Waals surface area contributed by atoms with Crippen LogP contribution < -0.4 is 5.73 Å². The lowest BCUT2D eigenvalue weighted by Crippen LogP contribution is -2.44. The Kier molecular flexibility index (Phi) is 5.49. The highest BCUT2D eigenvalue weighted by atomic mass is 79.9. The molecular weight excluding hydrogens is 330 g/mol. The minimum absolute atomic E-state index is 0.136. The number of amides is 1. The molecule has 1 aromatic rings. The molecule has 4 nitrogen and oxygen atoms in total. The first kappa shape index (κ1) is 16.6. The predicted octanol–water partition coefficient (Wildman–Crippen LogP) is 3.56. The van der Waals surface area contributed by atoms with E-state index in [9.17, 15) is 4.79 Å². The SMILES string of the molecule is CCN(C(=O)c1cc(Br)cn1C(C)C)C1CCC(N)CC1. The Hall–Kier alpha value is -0.810. The fourth-order valence-corrected chi connectivity index (χ4v) is 3.61. The Morgan fingerprint density at radius 3 is 2.57 bits per heavy atom. The summed E-state index contributed by atoms with van der Waals surface area (Å²) in [7, 11) is 0. The normalized spacial score (nSPS) is 22.6. The van der Waals surface area contributed by atoms with E-state index >= 15 is 0 Å². The maximum absolute atomic E-state index is 12.9. The van der Waals surface area contributed by atoms with Gasteiger partial charge in [-0.05, 0) is 68.5 Å². The lowest BCUT2D eigenvalue weighted by atomic mass is 9.90. The minimum Gasteiger partial charge on any atom is -0.340 e. The second kappa shape index (κ2) is 6.97. The molecule has 0 bridgehead atoms. The van der Waals surface area contributed by atoms with Crippen LogP contribution >= 0.6 is 15.9 Å². The van der Waals surface area contributed by atoms with E-state index in [0.29, 0.717) is 12.1 Å². The maximum atomic E-state index is 12.9. The molecule has 0 spiro atoms. The Bertz CT molecular complexity index is 490. The lowest BCUT2D eigenvalue weighted by Gasteiger charge is -2.35. The average Bonchev–Trinajstić information content (AvgIpc) is 2.84. The highest BCUT2D eigenvalue weighted by molar-refractivity contribution is 9.10. The second-order valence-electron chi connectivity index (χ2n) is 6.20. The van der Waals surface area contributed by atoms with Gasteiger partial charge in [-0.2, -0.15) is 0 Å². The van der Waals surface area contributed by atoms with Gasteiger partial charge in [0.15, 0.2) is 0 Å². The molecule has 1 heterocycles. The van der Waals surface area contributed by atoms with Gasteiger partial charge >= 0.3 is 0 Å². The molecule has 1 aromatic heterocycles. The molecule has 1 amide bonds. The molecule has 118 valence electrons. The first-order valence-corrected chi connectivity index (χ1v) is 8.67. The monoisotopic (exact) mass is 355 g/mol. The van der Waals surface area contributed by atoms with Gasteiger partial charge in [-0.1, -0.05) is 0 Å². The molecule has 0 aliphatic heterocycles. The van der Waals surface area contributed by atoms with Gasteiger partial charge in [0, 0.05) is 35.3 Å². The third-order valence-corrected chi connectivity index (χ3v) is 4.81. The van der Waals surface area contributed by atoms with Crippen molar-refractivity contribution in [2.75, 3.05) is 6.54 Å². The van der Waals surface area contributed by atoms with E-state index in [1.165, 1.54) is 0 Å². The smallest absolute Gasteiger partial charge is 0.270 e. The van der Waals surface area contributed by atoms with Gasteiger partial charge in [0.05, 0.1) is 0 Å². The number of halogens is 1. The van der Waals surface area contributed by atoms with Crippen LogP contribution in [0.4, 0.5) is 0 Å². The number of carbonyl (C=O) groups excluding carboxylic acids is 1. The Morgan fingerprint density at radius 2 is 2.05 bits per heavy atom. The van der Waals surface area contributed by atoms with E-state index in [1.807, 2.05) is 21.7 Å². The summed E-state index contributed by atoms with van der Waals surface area (Å²) in [6.07, 6.45) is 6.06. The molecule has 0 atom stereocenters. The Balaban J connectivity index is 2.20. The van der Waals surface area contributed by atoms with Gasteiger partial charge < -0.3 is 15.2 Å². The molecule has 1 saturated carbocycles. The number of nitrogens with zero attached hydrogens (tertiary/aromatic N) is 2. The molecule has 1 aliphatic carbocycles. The number of hydrogen-bond donors (Lipinski definition) is 1. The van der Waals surface area contributed by atoms with Gasteiger partial charge in [-0.25, -0.2) is 0 Å². The van der Waals surface area contributed by atoms with Crippen molar-refractivity contribution >= 4 is 21.8 Å². The van der Waals surface area contributed by atoms with Gasteiger partial charge in [-0.3, -0.25) is 4.79 Å². The topological polar surface area (TPSA) is 51.3 Å². The summed E-state index contributed by atoms with van der Waals surface area (Å²) < 4.78 is 3.00. The number of rotatable bonds is 4. The number of hydrogen-bond acceptors (Lipinski definition) is 2. The van der Waals surface area contributed by atoms with Crippen molar-refractivity contribution in [2.24, 2.45) is 5.73 Å². The fraction of sp³-hybridized carbons (Fsp3) is 0.688. The van der Waals surface area contributed by atoms with Crippen molar-refractivity contribution in [2.45, 2.75) is 64.6 Å². The van der Waals surface area contributed by atoms with Crippen LogP contribution in [-0.2, 0) is 0 Å². The standard InChI is InChI=1S/C16H26BrN3O/c1-4-19(14-7-5-13(18)6-8-14)16(21)15-9-12(17)10-20(15)11(2)3/h9-11,13-14H,4-8,18H2,1-3H3. The zero-order valence-electron chi connectivity index (χ0n) is 13.2. The minimum atomic E-state index is 0.136. The van der Waals surface area contributed by atoms with Crippen LogP contribution in [0, 0.1) is 0 Å². The molecular formula is C16H26BrN3O. The summed E-state index contributed by atoms with van der Waals surface area (Å²) in [4.78, 5) is 15.0. The summed E-state index contributed by atoms with van der Waals surface area (Å²) >= 11 is 3.49. The zero-order chi connectivity index (χ0) is 15.6. The van der Waals surface area contributed by atoms with E-state index < -0.39 is 0 Å². The molecule has 1 fully saturated rings. The van der Waals surface area contributed by atoms with Crippen molar-refractivity contribution in [3.63, 3.8) is 0 Å². The number of carbonyl (C=O) groups is 1. The molecule has 2 rings (SSSR count). The highest BCUT2D eigenvalue weighted by Gasteiger charge is 2.29. The van der Waals surface area contributed by atoms with Gasteiger partial charge in [-0.15, -0.1) is 0 Å². The van der Waals surface area contributed by atoms with E-state index in [1.54, 1.807) is 0 Å². The summed E-state index contributed by atoms with van der Waals surface area (Å²) in [5.41, 5.74) is 6.75. The molecule has 2 N–H and O–H groups in total. The predicted molar refractivity (Wildman–Crippen MR) is 89.5 cm³/mol. The number of nitrogens with two attached hydrogens (primary N) is 1. The van der Waals surface area contributed by atoms with E-state index in [2.05, 4.69) is 36.7 Å². The third-order valence-electron chi connectivity index (χ3n) is 4.37. The molecule has 0 radical (unpaired) electrons. The van der Waals surface area contributed by atoms with Gasteiger partial charge in [0.2, 0.25) is 0 Å². The summed E-state index contributed by atoms with van der Waals surface area (Å²) in [6.45, 7) is 7.00. The Morgan fingerprint density at radius 1 is 1.43 bits per heavy atom.